The summed E-state index contributed by atoms with van der Waals surface area (Å²) in [5.41, 5.74) is 1.22. The van der Waals surface area contributed by atoms with Gasteiger partial charge in [-0.25, -0.2) is 0 Å². The minimum absolute atomic E-state index is 0. The SMILES string of the molecule is CC.C[CH-]c1ccc(OC)cc1.[Rb+]. The Hall–Kier alpha value is 0.695. The van der Waals surface area contributed by atoms with Gasteiger partial charge in [-0.3, -0.25) is 0 Å². The van der Waals surface area contributed by atoms with Gasteiger partial charge in [0, 0.05) is 0 Å². The van der Waals surface area contributed by atoms with E-state index < -0.39 is 0 Å². The Morgan fingerprint density at radius 2 is 1.54 bits per heavy atom. The molecule has 0 N–H and O–H groups in total. The predicted molar refractivity (Wildman–Crippen MR) is 53.4 cm³/mol. The molecule has 0 heterocycles. The van der Waals surface area contributed by atoms with Crippen LogP contribution in [0.3, 0.4) is 0 Å². The largest absolute Gasteiger partial charge is 1.00 e. The maximum atomic E-state index is 5.00. The summed E-state index contributed by atoms with van der Waals surface area (Å²) in [6.07, 6.45) is 2.06. The fourth-order valence-corrected chi connectivity index (χ4v) is 0.796. The molecule has 0 aliphatic carbocycles. The molecule has 0 unspecified atom stereocenters. The molecule has 0 aromatic heterocycles. The van der Waals surface area contributed by atoms with Crippen LogP contribution in [0, 0.1) is 6.42 Å². The Morgan fingerprint density at radius 1 is 1.08 bits per heavy atom. The van der Waals surface area contributed by atoms with Gasteiger partial charge in [0.2, 0.25) is 0 Å². The van der Waals surface area contributed by atoms with Crippen LogP contribution in [0.15, 0.2) is 24.3 Å². The topological polar surface area (TPSA) is 9.23 Å². The fourth-order valence-electron chi connectivity index (χ4n) is 0.796. The van der Waals surface area contributed by atoms with Crippen molar-refractivity contribution < 1.29 is 62.9 Å². The van der Waals surface area contributed by atoms with Crippen molar-refractivity contribution in [1.82, 2.24) is 0 Å². The minimum Gasteiger partial charge on any atom is -0.499 e. The van der Waals surface area contributed by atoms with Gasteiger partial charge in [-0.1, -0.05) is 32.9 Å². The van der Waals surface area contributed by atoms with Crippen LogP contribution in [0.25, 0.3) is 0 Å². The van der Waals surface area contributed by atoms with Gasteiger partial charge >= 0.3 is 58.2 Å². The molecule has 1 nitrogen and oxygen atoms in total. The van der Waals surface area contributed by atoms with Crippen LogP contribution in [-0.2, 0) is 0 Å². The van der Waals surface area contributed by atoms with E-state index in [1.54, 1.807) is 7.11 Å². The number of benzene rings is 1. The molecule has 0 saturated heterocycles. The third-order valence-corrected chi connectivity index (χ3v) is 1.45. The van der Waals surface area contributed by atoms with E-state index in [4.69, 9.17) is 4.74 Å². The van der Waals surface area contributed by atoms with Gasteiger partial charge in [-0.05, 0) is 0 Å². The third kappa shape index (κ3) is 6.72. The molecule has 68 valence electrons. The Balaban J connectivity index is 0. The third-order valence-electron chi connectivity index (χ3n) is 1.45. The molecule has 1 rings (SSSR count). The molecule has 0 bridgehead atoms. The van der Waals surface area contributed by atoms with E-state index in [0.717, 1.165) is 5.75 Å². The molecule has 0 amide bonds. The summed E-state index contributed by atoms with van der Waals surface area (Å²) < 4.78 is 5.00. The van der Waals surface area contributed by atoms with Crippen molar-refractivity contribution >= 4 is 0 Å². The molecule has 0 fully saturated rings. The second-order valence-electron chi connectivity index (χ2n) is 2.06. The zero-order valence-corrected chi connectivity index (χ0v) is 14.2. The summed E-state index contributed by atoms with van der Waals surface area (Å²) >= 11 is 0. The Kier molecular flexibility index (Phi) is 13.4. The van der Waals surface area contributed by atoms with Crippen LogP contribution < -0.4 is 62.9 Å². The predicted octanol–water partition coefficient (Wildman–Crippen LogP) is 0.298. The normalized spacial score (nSPS) is 7.38. The maximum Gasteiger partial charge on any atom is 1.00 e. The number of rotatable bonds is 2. The van der Waals surface area contributed by atoms with Crippen LogP contribution >= 0.6 is 0 Å². The molecule has 1 aromatic carbocycles. The summed E-state index contributed by atoms with van der Waals surface area (Å²) in [6, 6.07) is 7.96. The van der Waals surface area contributed by atoms with Crippen molar-refractivity contribution in [3.8, 4) is 5.75 Å². The van der Waals surface area contributed by atoms with Gasteiger partial charge in [-0.15, -0.1) is 0 Å². The molecular formula is C11H17ORb. The van der Waals surface area contributed by atoms with Crippen molar-refractivity contribution in [3.63, 3.8) is 0 Å². The average molecular weight is 251 g/mol. The molecule has 0 aliphatic heterocycles. The average Bonchev–Trinajstić information content (AvgIpc) is 2.21. The summed E-state index contributed by atoms with van der Waals surface area (Å²) in [6.45, 7) is 6.02. The van der Waals surface area contributed by atoms with E-state index in [2.05, 4.69) is 6.42 Å². The molecule has 13 heavy (non-hydrogen) atoms. The molecule has 0 spiro atoms. The van der Waals surface area contributed by atoms with Gasteiger partial charge in [0.25, 0.3) is 0 Å². The first kappa shape index (κ1) is 16.1. The quantitative estimate of drug-likeness (QED) is 0.686. The second-order valence-corrected chi connectivity index (χ2v) is 2.06. The van der Waals surface area contributed by atoms with Crippen molar-refractivity contribution in [2.75, 3.05) is 7.11 Å². The van der Waals surface area contributed by atoms with Crippen molar-refractivity contribution in [3.05, 3.63) is 36.2 Å². The summed E-state index contributed by atoms with van der Waals surface area (Å²) in [5, 5.41) is 0. The van der Waals surface area contributed by atoms with Crippen LogP contribution in [-0.4, -0.2) is 7.11 Å². The van der Waals surface area contributed by atoms with Crippen LogP contribution in [0.4, 0.5) is 0 Å². The Labute approximate surface area is 131 Å². The van der Waals surface area contributed by atoms with Gasteiger partial charge in [-0.2, -0.15) is 24.1 Å². The molecule has 0 radical (unpaired) electrons. The van der Waals surface area contributed by atoms with E-state index in [0.29, 0.717) is 0 Å². The van der Waals surface area contributed by atoms with Gasteiger partial charge < -0.3 is 4.74 Å². The van der Waals surface area contributed by atoms with Crippen LogP contribution in [0.2, 0.25) is 0 Å². The Bertz CT molecular complexity index is 171. The first-order valence-electron chi connectivity index (χ1n) is 4.30. The minimum atomic E-state index is 0. The number of methoxy groups -OCH3 is 1. The van der Waals surface area contributed by atoms with Crippen molar-refractivity contribution in [2.24, 2.45) is 0 Å². The number of hydrogen-bond acceptors (Lipinski definition) is 1. The Morgan fingerprint density at radius 3 is 1.85 bits per heavy atom. The van der Waals surface area contributed by atoms with Crippen LogP contribution in [0.1, 0.15) is 26.3 Å². The summed E-state index contributed by atoms with van der Waals surface area (Å²) in [5.74, 6) is 0.908. The van der Waals surface area contributed by atoms with E-state index in [1.165, 1.54) is 5.56 Å². The van der Waals surface area contributed by atoms with Crippen LogP contribution in [0.5, 0.6) is 5.75 Å². The zero-order chi connectivity index (χ0) is 9.40. The fraction of sp³-hybridized carbons (Fsp3) is 0.364. The molecule has 2 heteroatoms. The second kappa shape index (κ2) is 10.8. The maximum absolute atomic E-state index is 5.00. The van der Waals surface area contributed by atoms with E-state index in [-0.39, 0.29) is 58.2 Å². The monoisotopic (exact) mass is 250 g/mol. The van der Waals surface area contributed by atoms with E-state index in [9.17, 15) is 0 Å². The summed E-state index contributed by atoms with van der Waals surface area (Å²) in [7, 11) is 1.67. The summed E-state index contributed by atoms with van der Waals surface area (Å²) in [4.78, 5) is 0. The molecule has 1 aromatic rings. The molecular weight excluding hydrogens is 234 g/mol. The first-order chi connectivity index (χ1) is 5.86. The van der Waals surface area contributed by atoms with Gasteiger partial charge in [0.1, 0.15) is 0 Å². The standard InChI is InChI=1S/C9H11O.C2H6.Rb/c1-3-8-4-6-9(10-2)7-5-8;1-2;/h3-7H,1-2H3;1-2H3;/q-1;;+1. The van der Waals surface area contributed by atoms with E-state index >= 15 is 0 Å². The van der Waals surface area contributed by atoms with Crippen molar-refractivity contribution in [1.29, 1.82) is 0 Å². The van der Waals surface area contributed by atoms with Gasteiger partial charge in [0.05, 0.1) is 12.9 Å². The molecule has 0 aliphatic rings. The number of ether oxygens (including phenoxy) is 1. The zero-order valence-electron chi connectivity index (χ0n) is 9.29. The molecule has 0 atom stereocenters. The molecule has 0 saturated carbocycles. The first-order valence-corrected chi connectivity index (χ1v) is 4.30. The smallest absolute Gasteiger partial charge is 0.499 e. The van der Waals surface area contributed by atoms with E-state index in [1.807, 2.05) is 45.0 Å². The number of hydrogen-bond donors (Lipinski definition) is 0. The van der Waals surface area contributed by atoms with Crippen molar-refractivity contribution in [2.45, 2.75) is 20.8 Å². The van der Waals surface area contributed by atoms with Gasteiger partial charge in [0.15, 0.2) is 0 Å².